The summed E-state index contributed by atoms with van der Waals surface area (Å²) in [5, 5.41) is 7.52. The van der Waals surface area contributed by atoms with E-state index in [4.69, 9.17) is 11.6 Å². The first-order valence-electron chi connectivity index (χ1n) is 9.45. The van der Waals surface area contributed by atoms with Crippen LogP contribution in [0.15, 0.2) is 11.9 Å². The van der Waals surface area contributed by atoms with E-state index in [1.807, 2.05) is 11.9 Å². The van der Waals surface area contributed by atoms with E-state index in [9.17, 15) is 9.59 Å². The molecular formula is C17H31N7O2. The Morgan fingerprint density at radius 3 is 2.73 bits per heavy atom. The highest BCUT2D eigenvalue weighted by Crippen LogP contribution is 2.24. The van der Waals surface area contributed by atoms with Gasteiger partial charge >= 0.3 is 0 Å². The molecule has 2 amide bonds. The van der Waals surface area contributed by atoms with E-state index in [0.717, 1.165) is 58.5 Å². The molecule has 6 N–H and O–H groups in total. The minimum atomic E-state index is -0.277. The fourth-order valence-electron chi connectivity index (χ4n) is 3.53. The van der Waals surface area contributed by atoms with Gasteiger partial charge in [0.1, 0.15) is 5.70 Å². The standard InChI is InChI=1S/C17H31N7O2/c1-20-5-7-23-6-4-12(17(23)26)8-22-9-13(10-22)21-16(25)15(18)11-24(19)14-2-3-14/h11-14,20H,2-10,18-19H2,1H3,(H,21,25)/b15-11-. The minimum Gasteiger partial charge on any atom is -0.393 e. The number of carbonyl (C=O) groups is 2. The summed E-state index contributed by atoms with van der Waals surface area (Å²) >= 11 is 0. The summed E-state index contributed by atoms with van der Waals surface area (Å²) in [4.78, 5) is 28.6. The third-order valence-corrected chi connectivity index (χ3v) is 5.33. The van der Waals surface area contributed by atoms with E-state index < -0.39 is 0 Å². The third kappa shape index (κ3) is 4.66. The molecule has 1 atom stereocenters. The van der Waals surface area contributed by atoms with Gasteiger partial charge in [-0.3, -0.25) is 14.5 Å². The molecule has 26 heavy (non-hydrogen) atoms. The number of likely N-dealkylation sites (N-methyl/N-ethyl adjacent to an activating group) is 1. The molecule has 146 valence electrons. The van der Waals surface area contributed by atoms with Gasteiger partial charge in [0, 0.05) is 51.5 Å². The second kappa shape index (κ2) is 8.24. The van der Waals surface area contributed by atoms with Crippen molar-refractivity contribution in [2.45, 2.75) is 31.3 Å². The summed E-state index contributed by atoms with van der Waals surface area (Å²) in [6, 6.07) is 0.399. The Morgan fingerprint density at radius 2 is 2.08 bits per heavy atom. The van der Waals surface area contributed by atoms with Crippen LogP contribution in [0.3, 0.4) is 0 Å². The number of nitrogens with one attached hydrogen (secondary N) is 2. The molecule has 1 saturated carbocycles. The van der Waals surface area contributed by atoms with Crippen LogP contribution in [0.2, 0.25) is 0 Å². The number of likely N-dealkylation sites (tertiary alicyclic amines) is 2. The van der Waals surface area contributed by atoms with Crippen LogP contribution in [0.5, 0.6) is 0 Å². The van der Waals surface area contributed by atoms with Gasteiger partial charge in [-0.2, -0.15) is 0 Å². The lowest BCUT2D eigenvalue weighted by atomic mass is 10.0. The van der Waals surface area contributed by atoms with E-state index in [2.05, 4.69) is 15.5 Å². The van der Waals surface area contributed by atoms with Crippen LogP contribution in [-0.4, -0.2) is 85.0 Å². The third-order valence-electron chi connectivity index (χ3n) is 5.33. The van der Waals surface area contributed by atoms with Gasteiger partial charge in [0.2, 0.25) is 5.91 Å². The molecule has 2 heterocycles. The van der Waals surface area contributed by atoms with Crippen molar-refractivity contribution in [1.29, 1.82) is 0 Å². The molecule has 0 aromatic heterocycles. The molecule has 3 aliphatic rings. The van der Waals surface area contributed by atoms with E-state index in [-0.39, 0.29) is 29.5 Å². The molecular weight excluding hydrogens is 334 g/mol. The summed E-state index contributed by atoms with van der Waals surface area (Å²) in [6.45, 7) is 4.73. The first kappa shape index (κ1) is 18.9. The molecule has 9 nitrogen and oxygen atoms in total. The molecule has 0 radical (unpaired) electrons. The molecule has 2 aliphatic heterocycles. The van der Waals surface area contributed by atoms with Crippen LogP contribution in [0.1, 0.15) is 19.3 Å². The number of rotatable bonds is 9. The Hall–Kier alpha value is -1.84. The Balaban J connectivity index is 1.35. The molecule has 0 bridgehead atoms. The molecule has 2 saturated heterocycles. The average molecular weight is 365 g/mol. The minimum absolute atomic E-state index is 0.0813. The highest BCUT2D eigenvalue weighted by molar-refractivity contribution is 5.92. The number of nitrogens with two attached hydrogens (primary N) is 2. The van der Waals surface area contributed by atoms with E-state index >= 15 is 0 Å². The van der Waals surface area contributed by atoms with Gasteiger partial charge in [0.25, 0.3) is 5.91 Å². The number of hydrogen-bond donors (Lipinski definition) is 4. The zero-order chi connectivity index (χ0) is 18.7. The Morgan fingerprint density at radius 1 is 1.35 bits per heavy atom. The number of carbonyl (C=O) groups excluding carboxylic acids is 2. The largest absolute Gasteiger partial charge is 0.393 e. The maximum absolute atomic E-state index is 12.4. The normalized spacial score (nSPS) is 24.7. The number of nitrogens with zero attached hydrogens (tertiary/aromatic N) is 3. The average Bonchev–Trinajstić information content (AvgIpc) is 3.37. The van der Waals surface area contributed by atoms with Crippen molar-refractivity contribution < 1.29 is 9.59 Å². The monoisotopic (exact) mass is 365 g/mol. The van der Waals surface area contributed by atoms with Gasteiger partial charge in [-0.05, 0) is 26.3 Å². The SMILES string of the molecule is CNCCN1CCC(CN2CC(NC(=O)/C(N)=C/N(N)C3CC3)C2)C1=O. The second-order valence-electron chi connectivity index (χ2n) is 7.57. The molecule has 3 fully saturated rings. The van der Waals surface area contributed by atoms with Gasteiger partial charge in [-0.1, -0.05) is 0 Å². The smallest absolute Gasteiger partial charge is 0.269 e. The van der Waals surface area contributed by atoms with E-state index in [0.29, 0.717) is 6.04 Å². The van der Waals surface area contributed by atoms with Gasteiger partial charge < -0.3 is 26.3 Å². The number of amides is 2. The number of hydrogen-bond acceptors (Lipinski definition) is 7. The molecule has 0 aromatic rings. The van der Waals surface area contributed by atoms with Gasteiger partial charge in [-0.15, -0.1) is 0 Å². The Labute approximate surface area is 154 Å². The zero-order valence-electron chi connectivity index (χ0n) is 15.5. The van der Waals surface area contributed by atoms with Crippen molar-refractivity contribution in [2.24, 2.45) is 17.5 Å². The Bertz CT molecular complexity index is 557. The lowest BCUT2D eigenvalue weighted by Gasteiger charge is -2.40. The van der Waals surface area contributed by atoms with Crippen molar-refractivity contribution in [2.75, 3.05) is 46.3 Å². The Kier molecular flexibility index (Phi) is 6.00. The predicted molar refractivity (Wildman–Crippen MR) is 98.3 cm³/mol. The van der Waals surface area contributed by atoms with E-state index in [1.165, 1.54) is 11.2 Å². The summed E-state index contributed by atoms with van der Waals surface area (Å²) in [6.07, 6.45) is 4.52. The van der Waals surface area contributed by atoms with Crippen LogP contribution < -0.4 is 22.2 Å². The molecule has 0 aromatic carbocycles. The predicted octanol–water partition coefficient (Wildman–Crippen LogP) is -2.01. The van der Waals surface area contributed by atoms with Crippen molar-refractivity contribution in [3.05, 3.63) is 11.9 Å². The first-order chi connectivity index (χ1) is 12.5. The second-order valence-corrected chi connectivity index (χ2v) is 7.57. The summed E-state index contributed by atoms with van der Waals surface area (Å²) in [7, 11) is 1.89. The van der Waals surface area contributed by atoms with Crippen LogP contribution in [-0.2, 0) is 9.59 Å². The van der Waals surface area contributed by atoms with Gasteiger partial charge in [0.15, 0.2) is 0 Å². The van der Waals surface area contributed by atoms with Crippen molar-refractivity contribution in [1.82, 2.24) is 25.4 Å². The summed E-state index contributed by atoms with van der Waals surface area (Å²) in [5.41, 5.74) is 5.95. The van der Waals surface area contributed by atoms with Crippen molar-refractivity contribution in [3.63, 3.8) is 0 Å². The van der Waals surface area contributed by atoms with Crippen molar-refractivity contribution in [3.8, 4) is 0 Å². The van der Waals surface area contributed by atoms with Gasteiger partial charge in [-0.25, -0.2) is 5.84 Å². The first-order valence-corrected chi connectivity index (χ1v) is 9.45. The summed E-state index contributed by atoms with van der Waals surface area (Å²) < 4.78 is 0. The lowest BCUT2D eigenvalue weighted by molar-refractivity contribution is -0.132. The highest BCUT2D eigenvalue weighted by Gasteiger charge is 2.36. The van der Waals surface area contributed by atoms with E-state index in [1.54, 1.807) is 0 Å². The van der Waals surface area contributed by atoms with Crippen molar-refractivity contribution >= 4 is 11.8 Å². The molecule has 0 spiro atoms. The quantitative estimate of drug-likeness (QED) is 0.212. The van der Waals surface area contributed by atoms with Crippen LogP contribution in [0.4, 0.5) is 0 Å². The lowest BCUT2D eigenvalue weighted by Crippen LogP contribution is -2.60. The van der Waals surface area contributed by atoms with Crippen LogP contribution in [0.25, 0.3) is 0 Å². The maximum atomic E-state index is 12.4. The van der Waals surface area contributed by atoms with Gasteiger partial charge in [0.05, 0.1) is 12.0 Å². The zero-order valence-corrected chi connectivity index (χ0v) is 15.5. The topological polar surface area (TPSA) is 120 Å². The van der Waals surface area contributed by atoms with Crippen LogP contribution >= 0.6 is 0 Å². The molecule has 1 aliphatic carbocycles. The molecule has 9 heteroatoms. The summed E-state index contributed by atoms with van der Waals surface area (Å²) in [5.74, 6) is 5.87. The molecule has 3 rings (SSSR count). The number of hydrazine groups is 1. The fraction of sp³-hybridized carbons (Fsp3) is 0.765. The highest BCUT2D eigenvalue weighted by atomic mass is 16.2. The molecule has 1 unspecified atom stereocenters. The maximum Gasteiger partial charge on any atom is 0.269 e. The van der Waals surface area contributed by atoms with Crippen LogP contribution in [0, 0.1) is 5.92 Å². The fourth-order valence-corrected chi connectivity index (χ4v) is 3.53.